The van der Waals surface area contributed by atoms with Gasteiger partial charge in [0.05, 0.1) is 32.2 Å². The number of carbonyl (C=O) groups is 1. The van der Waals surface area contributed by atoms with Crippen molar-refractivity contribution in [2.24, 2.45) is 0 Å². The topological polar surface area (TPSA) is 37.3 Å². The molecule has 0 aliphatic carbocycles. The number of likely N-dealkylation sites (tertiary alicyclic amines) is 1. The highest BCUT2D eigenvalue weighted by molar-refractivity contribution is 5.95. The molecule has 3 nitrogen and oxygen atoms in total. The van der Waals surface area contributed by atoms with Crippen molar-refractivity contribution in [3.05, 3.63) is 71.0 Å². The van der Waals surface area contributed by atoms with Crippen LogP contribution in [0.1, 0.15) is 47.2 Å². The van der Waals surface area contributed by atoms with Crippen molar-refractivity contribution in [2.75, 3.05) is 26.7 Å². The molecule has 0 radical (unpaired) electrons. The quantitative estimate of drug-likeness (QED) is 0.405. The number of quaternary nitrogens is 1. The van der Waals surface area contributed by atoms with Gasteiger partial charge in [0.25, 0.3) is 0 Å². The van der Waals surface area contributed by atoms with Gasteiger partial charge in [-0.1, -0.05) is 12.1 Å². The fraction of sp³-hybridized carbons (Fsp3) is 0.435. The molecule has 0 unspecified atom stereocenters. The first-order valence-corrected chi connectivity index (χ1v) is 10.0. The number of hydrogen-bond donors (Lipinski definition) is 1. The molecular weight excluding hydrogens is 398 g/mol. The van der Waals surface area contributed by atoms with Crippen molar-refractivity contribution in [1.29, 1.82) is 0 Å². The summed E-state index contributed by atoms with van der Waals surface area (Å²) in [5.74, 6) is -0.426. The molecular formula is C23H26F4NO2+. The zero-order chi connectivity index (χ0) is 22.0. The number of hydrogen-bond acceptors (Lipinski definition) is 2. The number of ketones is 1. The lowest BCUT2D eigenvalue weighted by Crippen LogP contribution is -2.54. The highest BCUT2D eigenvalue weighted by atomic mass is 19.4. The van der Waals surface area contributed by atoms with E-state index < -0.39 is 17.3 Å². The molecule has 0 bridgehead atoms. The lowest BCUT2D eigenvalue weighted by molar-refractivity contribution is -0.917. The first kappa shape index (κ1) is 22.4. The lowest BCUT2D eigenvalue weighted by atomic mass is 9.83. The van der Waals surface area contributed by atoms with E-state index in [2.05, 4.69) is 0 Å². The minimum Gasteiger partial charge on any atom is -0.385 e. The van der Waals surface area contributed by atoms with Gasteiger partial charge in [-0.25, -0.2) is 4.39 Å². The summed E-state index contributed by atoms with van der Waals surface area (Å²) in [5.41, 5.74) is -1.25. The van der Waals surface area contributed by atoms with E-state index in [0.717, 1.165) is 18.7 Å². The molecule has 30 heavy (non-hydrogen) atoms. The summed E-state index contributed by atoms with van der Waals surface area (Å²) >= 11 is 0. The number of Topliss-reactive ketones (excluding diaryl/α,β-unsaturated/α-hetero) is 1. The number of nitrogens with zero attached hydrogens (tertiary/aromatic N) is 1. The molecule has 1 N–H and O–H groups in total. The summed E-state index contributed by atoms with van der Waals surface area (Å²) in [6.07, 6.45) is -2.73. The maximum atomic E-state index is 13.0. The van der Waals surface area contributed by atoms with Crippen molar-refractivity contribution in [3.63, 3.8) is 0 Å². The van der Waals surface area contributed by atoms with Crippen LogP contribution >= 0.6 is 0 Å². The van der Waals surface area contributed by atoms with E-state index >= 15 is 0 Å². The molecule has 0 saturated carbocycles. The molecule has 1 saturated heterocycles. The third kappa shape index (κ3) is 5.26. The van der Waals surface area contributed by atoms with Crippen LogP contribution in [0.3, 0.4) is 0 Å². The Hall–Kier alpha value is -2.25. The van der Waals surface area contributed by atoms with Crippen LogP contribution in [0.2, 0.25) is 0 Å². The maximum absolute atomic E-state index is 13.0. The number of alkyl halides is 3. The SMILES string of the molecule is C[N+]1(CCCC(=O)c2ccc(F)cc2)CCC(O)(c2cccc(C(F)(F)F)c2)CC1. The van der Waals surface area contributed by atoms with Crippen molar-refractivity contribution in [1.82, 2.24) is 0 Å². The zero-order valence-electron chi connectivity index (χ0n) is 16.9. The second-order valence-electron chi connectivity index (χ2n) is 8.43. The van der Waals surface area contributed by atoms with E-state index in [1.165, 1.54) is 30.3 Å². The third-order valence-corrected chi connectivity index (χ3v) is 6.13. The molecule has 1 aliphatic rings. The largest absolute Gasteiger partial charge is 0.416 e. The molecule has 2 aromatic rings. The van der Waals surface area contributed by atoms with Gasteiger partial charge in [0.1, 0.15) is 11.4 Å². The smallest absolute Gasteiger partial charge is 0.385 e. The summed E-state index contributed by atoms with van der Waals surface area (Å²) < 4.78 is 52.6. The standard InChI is InChI=1S/C23H26F4NO2/c1-28(13-3-6-21(29)17-7-9-20(24)10-8-17)14-11-22(30,12-15-28)18-4-2-5-19(16-18)23(25,26)27/h2,4-5,7-10,16,30H,3,6,11-15H2,1H3/q+1. The molecule has 1 fully saturated rings. The fourth-order valence-corrected chi connectivity index (χ4v) is 4.05. The van der Waals surface area contributed by atoms with Crippen LogP contribution in [0.5, 0.6) is 0 Å². The monoisotopic (exact) mass is 424 g/mol. The first-order valence-electron chi connectivity index (χ1n) is 10.0. The molecule has 0 spiro atoms. The molecule has 0 aromatic heterocycles. The Balaban J connectivity index is 1.56. The van der Waals surface area contributed by atoms with Gasteiger partial charge in [0.15, 0.2) is 5.78 Å². The Morgan fingerprint density at radius 1 is 1.10 bits per heavy atom. The first-order chi connectivity index (χ1) is 14.0. The average molecular weight is 424 g/mol. The van der Waals surface area contributed by atoms with E-state index in [1.807, 2.05) is 7.05 Å². The number of benzene rings is 2. The van der Waals surface area contributed by atoms with Crippen molar-refractivity contribution >= 4 is 5.78 Å². The van der Waals surface area contributed by atoms with E-state index in [0.29, 0.717) is 54.4 Å². The van der Waals surface area contributed by atoms with Gasteiger partial charge in [-0.3, -0.25) is 4.79 Å². The Labute approximate surface area is 173 Å². The molecule has 162 valence electrons. The average Bonchev–Trinajstić information content (AvgIpc) is 2.70. The minimum absolute atomic E-state index is 0.0425. The maximum Gasteiger partial charge on any atom is 0.416 e. The van der Waals surface area contributed by atoms with E-state index in [9.17, 15) is 27.5 Å². The number of piperidine rings is 1. The van der Waals surface area contributed by atoms with Crippen LogP contribution in [-0.2, 0) is 11.8 Å². The van der Waals surface area contributed by atoms with Crippen LogP contribution in [0.25, 0.3) is 0 Å². The molecule has 7 heteroatoms. The Morgan fingerprint density at radius 3 is 2.33 bits per heavy atom. The Morgan fingerprint density at radius 2 is 1.73 bits per heavy atom. The van der Waals surface area contributed by atoms with Crippen LogP contribution in [0, 0.1) is 5.82 Å². The summed E-state index contributed by atoms with van der Waals surface area (Å²) in [4.78, 5) is 12.2. The van der Waals surface area contributed by atoms with Crippen LogP contribution in [0.4, 0.5) is 17.6 Å². The van der Waals surface area contributed by atoms with E-state index in [4.69, 9.17) is 0 Å². The van der Waals surface area contributed by atoms with Gasteiger partial charge in [-0.2, -0.15) is 13.2 Å². The third-order valence-electron chi connectivity index (χ3n) is 6.13. The molecule has 1 heterocycles. The normalized spacial score (nSPS) is 24.6. The molecule has 0 atom stereocenters. The fourth-order valence-electron chi connectivity index (χ4n) is 4.05. The van der Waals surface area contributed by atoms with Gasteiger partial charge in [0, 0.05) is 31.2 Å². The highest BCUT2D eigenvalue weighted by Gasteiger charge is 2.41. The van der Waals surface area contributed by atoms with Crippen molar-refractivity contribution in [3.8, 4) is 0 Å². The van der Waals surface area contributed by atoms with Crippen LogP contribution in [-0.4, -0.2) is 42.1 Å². The second kappa shape index (κ2) is 8.47. The molecule has 2 aromatic carbocycles. The minimum atomic E-state index is -4.44. The molecule has 3 rings (SSSR count). The van der Waals surface area contributed by atoms with Gasteiger partial charge < -0.3 is 9.59 Å². The van der Waals surface area contributed by atoms with Crippen LogP contribution < -0.4 is 0 Å². The van der Waals surface area contributed by atoms with E-state index in [-0.39, 0.29) is 11.6 Å². The van der Waals surface area contributed by atoms with Gasteiger partial charge in [0.2, 0.25) is 0 Å². The van der Waals surface area contributed by atoms with Crippen LogP contribution in [0.15, 0.2) is 48.5 Å². The van der Waals surface area contributed by atoms with Crippen molar-refractivity contribution in [2.45, 2.75) is 37.5 Å². The summed E-state index contributed by atoms with van der Waals surface area (Å²) in [6.45, 7) is 1.95. The number of halogens is 4. The summed E-state index contributed by atoms with van der Waals surface area (Å²) in [7, 11) is 2.04. The van der Waals surface area contributed by atoms with Gasteiger partial charge in [-0.15, -0.1) is 0 Å². The summed E-state index contributed by atoms with van der Waals surface area (Å²) in [6, 6.07) is 10.4. The van der Waals surface area contributed by atoms with Gasteiger partial charge in [-0.05, 0) is 42.0 Å². The summed E-state index contributed by atoms with van der Waals surface area (Å²) in [5, 5.41) is 11.0. The lowest BCUT2D eigenvalue weighted by Gasteiger charge is -2.44. The number of aliphatic hydroxyl groups is 1. The van der Waals surface area contributed by atoms with E-state index in [1.54, 1.807) is 6.07 Å². The van der Waals surface area contributed by atoms with Gasteiger partial charge >= 0.3 is 6.18 Å². The second-order valence-corrected chi connectivity index (χ2v) is 8.43. The Bertz CT molecular complexity index is 885. The highest BCUT2D eigenvalue weighted by Crippen LogP contribution is 2.38. The predicted molar refractivity (Wildman–Crippen MR) is 105 cm³/mol. The zero-order valence-corrected chi connectivity index (χ0v) is 16.9. The predicted octanol–water partition coefficient (Wildman–Crippen LogP) is 4.94. The molecule has 1 aliphatic heterocycles. The number of rotatable bonds is 6. The molecule has 0 amide bonds. The number of carbonyl (C=O) groups excluding carboxylic acids is 1. The van der Waals surface area contributed by atoms with Crippen molar-refractivity contribution < 1.29 is 31.9 Å². The Kier molecular flexibility index (Phi) is 6.34.